The summed E-state index contributed by atoms with van der Waals surface area (Å²) in [4.78, 5) is 34.9. The van der Waals surface area contributed by atoms with Crippen LogP contribution in [0, 0.1) is 0 Å². The molecule has 2 fully saturated rings. The summed E-state index contributed by atoms with van der Waals surface area (Å²) in [6.45, 7) is 6.46. The van der Waals surface area contributed by atoms with Crippen LogP contribution >= 0.6 is 0 Å². The fraction of sp³-hybridized carbons (Fsp3) is 0.632. The van der Waals surface area contributed by atoms with Gasteiger partial charge < -0.3 is 19.4 Å². The molecule has 0 radical (unpaired) electrons. The summed E-state index contributed by atoms with van der Waals surface area (Å²) in [5.41, 5.74) is 0.699. The van der Waals surface area contributed by atoms with Gasteiger partial charge in [0.25, 0.3) is 5.91 Å². The van der Waals surface area contributed by atoms with Crippen molar-refractivity contribution in [2.24, 2.45) is 0 Å². The van der Waals surface area contributed by atoms with Crippen molar-refractivity contribution in [3.63, 3.8) is 0 Å². The molecule has 0 N–H and O–H groups in total. The van der Waals surface area contributed by atoms with E-state index in [1.165, 1.54) is 12.8 Å². The van der Waals surface area contributed by atoms with E-state index in [4.69, 9.17) is 4.74 Å². The van der Waals surface area contributed by atoms with Crippen molar-refractivity contribution in [2.75, 3.05) is 50.8 Å². The van der Waals surface area contributed by atoms with Gasteiger partial charge in [-0.15, -0.1) is 0 Å². The largest absolute Gasteiger partial charge is 0.450 e. The van der Waals surface area contributed by atoms with Gasteiger partial charge in [-0.3, -0.25) is 4.79 Å². The lowest BCUT2D eigenvalue weighted by Crippen LogP contribution is -2.49. The highest BCUT2D eigenvalue weighted by Gasteiger charge is 2.24. The molecule has 0 aromatic carbocycles. The predicted octanol–water partition coefficient (Wildman–Crippen LogP) is 2.38. The van der Waals surface area contributed by atoms with Crippen LogP contribution in [0.2, 0.25) is 0 Å². The van der Waals surface area contributed by atoms with Crippen molar-refractivity contribution >= 4 is 17.8 Å². The van der Waals surface area contributed by atoms with E-state index >= 15 is 0 Å². The lowest BCUT2D eigenvalue weighted by molar-refractivity contribution is 0.0761. The molecule has 0 aliphatic carbocycles. The van der Waals surface area contributed by atoms with Crippen LogP contribution in [0.25, 0.3) is 0 Å². The summed E-state index contributed by atoms with van der Waals surface area (Å²) in [5, 5.41) is 0. The molecule has 2 amide bonds. The van der Waals surface area contributed by atoms with Crippen LogP contribution in [0.1, 0.15) is 43.0 Å². The van der Waals surface area contributed by atoms with E-state index in [9.17, 15) is 9.59 Å². The molecule has 1 aromatic heterocycles. The Bertz CT molecular complexity index is 621. The van der Waals surface area contributed by atoms with Crippen molar-refractivity contribution in [3.8, 4) is 0 Å². The summed E-state index contributed by atoms with van der Waals surface area (Å²) in [5.74, 6) is 0.898. The standard InChI is InChI=1S/C19H28N4O3/c1-2-26-19(25)23-13-11-21(12-14-23)17-15-16(7-8-20-17)18(24)22-9-5-3-4-6-10-22/h7-8,15H,2-6,9-14H2,1H3. The van der Waals surface area contributed by atoms with Crippen LogP contribution < -0.4 is 4.90 Å². The number of likely N-dealkylation sites (tertiary alicyclic amines) is 1. The minimum atomic E-state index is -0.259. The molecule has 2 aliphatic rings. The SMILES string of the molecule is CCOC(=O)N1CCN(c2cc(C(=O)N3CCCCCC3)ccn2)CC1. The van der Waals surface area contributed by atoms with E-state index in [1.54, 1.807) is 17.2 Å². The Morgan fingerprint density at radius 3 is 2.35 bits per heavy atom. The molecule has 26 heavy (non-hydrogen) atoms. The maximum absolute atomic E-state index is 12.8. The molecule has 0 spiro atoms. The number of amides is 2. The molecule has 0 saturated carbocycles. The third-order valence-corrected chi connectivity index (χ3v) is 5.02. The number of ether oxygens (including phenoxy) is 1. The van der Waals surface area contributed by atoms with Crippen molar-refractivity contribution in [2.45, 2.75) is 32.6 Å². The summed E-state index contributed by atoms with van der Waals surface area (Å²) in [6.07, 6.45) is 6.02. The second-order valence-corrected chi connectivity index (χ2v) is 6.78. The van der Waals surface area contributed by atoms with E-state index in [1.807, 2.05) is 17.9 Å². The van der Waals surface area contributed by atoms with Gasteiger partial charge in [0, 0.05) is 51.0 Å². The number of pyridine rings is 1. The van der Waals surface area contributed by atoms with Gasteiger partial charge in [-0.2, -0.15) is 0 Å². The van der Waals surface area contributed by atoms with Crippen LogP contribution in [0.5, 0.6) is 0 Å². The Hall–Kier alpha value is -2.31. The first-order valence-electron chi connectivity index (χ1n) is 9.61. The predicted molar refractivity (Wildman–Crippen MR) is 99.4 cm³/mol. The molecule has 7 nitrogen and oxygen atoms in total. The fourth-order valence-corrected chi connectivity index (χ4v) is 3.51. The molecule has 2 aliphatic heterocycles. The number of carbonyl (C=O) groups excluding carboxylic acids is 2. The first-order valence-corrected chi connectivity index (χ1v) is 9.61. The van der Waals surface area contributed by atoms with Gasteiger partial charge in [-0.1, -0.05) is 12.8 Å². The topological polar surface area (TPSA) is 66.0 Å². The average Bonchev–Trinajstić information content (AvgIpc) is 2.97. The maximum Gasteiger partial charge on any atom is 0.409 e. The van der Waals surface area contributed by atoms with Gasteiger partial charge in [-0.25, -0.2) is 9.78 Å². The van der Waals surface area contributed by atoms with Crippen molar-refractivity contribution in [1.82, 2.24) is 14.8 Å². The molecule has 1 aromatic rings. The Labute approximate surface area is 154 Å². The summed E-state index contributed by atoms with van der Waals surface area (Å²) >= 11 is 0. The third kappa shape index (κ3) is 4.45. The molecule has 2 saturated heterocycles. The normalized spacial score (nSPS) is 18.4. The van der Waals surface area contributed by atoms with Crippen molar-refractivity contribution in [1.29, 1.82) is 0 Å². The minimum absolute atomic E-state index is 0.0979. The molecule has 142 valence electrons. The van der Waals surface area contributed by atoms with Gasteiger partial charge in [0.15, 0.2) is 0 Å². The molecule has 0 unspecified atom stereocenters. The van der Waals surface area contributed by atoms with E-state index in [0.29, 0.717) is 38.3 Å². The number of aromatic nitrogens is 1. The van der Waals surface area contributed by atoms with Crippen molar-refractivity contribution < 1.29 is 14.3 Å². The van der Waals surface area contributed by atoms with E-state index in [2.05, 4.69) is 9.88 Å². The number of nitrogens with zero attached hydrogens (tertiary/aromatic N) is 4. The summed E-state index contributed by atoms with van der Waals surface area (Å²) < 4.78 is 5.05. The lowest BCUT2D eigenvalue weighted by atomic mass is 10.2. The zero-order valence-electron chi connectivity index (χ0n) is 15.5. The van der Waals surface area contributed by atoms with Crippen LogP contribution in [0.15, 0.2) is 18.3 Å². The van der Waals surface area contributed by atoms with Crippen LogP contribution in [0.4, 0.5) is 10.6 Å². The first-order chi connectivity index (χ1) is 12.7. The Kier molecular flexibility index (Phi) is 6.30. The third-order valence-electron chi connectivity index (χ3n) is 5.02. The number of hydrogen-bond donors (Lipinski definition) is 0. The molecule has 7 heteroatoms. The van der Waals surface area contributed by atoms with Crippen LogP contribution in [0.3, 0.4) is 0 Å². The average molecular weight is 360 g/mol. The molecular formula is C19H28N4O3. The van der Waals surface area contributed by atoms with E-state index in [-0.39, 0.29) is 12.0 Å². The molecule has 0 atom stereocenters. The zero-order chi connectivity index (χ0) is 18.4. The Balaban J connectivity index is 1.62. The van der Waals surface area contributed by atoms with Gasteiger partial charge in [0.2, 0.25) is 0 Å². The van der Waals surface area contributed by atoms with E-state index in [0.717, 1.165) is 31.7 Å². The van der Waals surface area contributed by atoms with Gasteiger partial charge in [0.05, 0.1) is 6.61 Å². The monoisotopic (exact) mass is 360 g/mol. The number of piperazine rings is 1. The Morgan fingerprint density at radius 1 is 1.00 bits per heavy atom. The highest BCUT2D eigenvalue weighted by molar-refractivity contribution is 5.94. The van der Waals surface area contributed by atoms with Gasteiger partial charge in [-0.05, 0) is 31.9 Å². The van der Waals surface area contributed by atoms with Crippen LogP contribution in [-0.2, 0) is 4.74 Å². The first kappa shape index (κ1) is 18.5. The molecule has 0 bridgehead atoms. The molecule has 3 rings (SSSR count). The minimum Gasteiger partial charge on any atom is -0.450 e. The van der Waals surface area contributed by atoms with E-state index < -0.39 is 0 Å². The zero-order valence-corrected chi connectivity index (χ0v) is 15.5. The highest BCUT2D eigenvalue weighted by atomic mass is 16.6. The second kappa shape index (κ2) is 8.87. The lowest BCUT2D eigenvalue weighted by Gasteiger charge is -2.34. The summed E-state index contributed by atoms with van der Waals surface area (Å²) in [6, 6.07) is 3.68. The maximum atomic E-state index is 12.8. The highest BCUT2D eigenvalue weighted by Crippen LogP contribution is 2.18. The quantitative estimate of drug-likeness (QED) is 0.828. The number of carbonyl (C=O) groups is 2. The molecule has 3 heterocycles. The van der Waals surface area contributed by atoms with Crippen molar-refractivity contribution in [3.05, 3.63) is 23.9 Å². The molecular weight excluding hydrogens is 332 g/mol. The smallest absolute Gasteiger partial charge is 0.409 e. The Morgan fingerprint density at radius 2 is 1.69 bits per heavy atom. The van der Waals surface area contributed by atoms with Crippen LogP contribution in [-0.4, -0.2) is 72.7 Å². The number of hydrogen-bond acceptors (Lipinski definition) is 5. The fourth-order valence-electron chi connectivity index (χ4n) is 3.51. The van der Waals surface area contributed by atoms with Gasteiger partial charge in [0.1, 0.15) is 5.82 Å². The number of rotatable bonds is 3. The second-order valence-electron chi connectivity index (χ2n) is 6.78. The van der Waals surface area contributed by atoms with Gasteiger partial charge >= 0.3 is 6.09 Å². The number of anilines is 1. The summed E-state index contributed by atoms with van der Waals surface area (Å²) in [7, 11) is 0.